The van der Waals surface area contributed by atoms with Crippen molar-refractivity contribution >= 4 is 27.5 Å². The van der Waals surface area contributed by atoms with Crippen molar-refractivity contribution in [2.75, 3.05) is 6.54 Å². The zero-order chi connectivity index (χ0) is 12.3. The van der Waals surface area contributed by atoms with Crippen molar-refractivity contribution in [2.24, 2.45) is 0 Å². The van der Waals surface area contributed by atoms with Gasteiger partial charge in [0.1, 0.15) is 0 Å². The minimum atomic E-state index is 0.682. The lowest BCUT2D eigenvalue weighted by Crippen LogP contribution is -2.11. The number of benzene rings is 1. The summed E-state index contributed by atoms with van der Waals surface area (Å²) in [6.07, 6.45) is 1.90. The second-order valence-electron chi connectivity index (χ2n) is 3.53. The summed E-state index contributed by atoms with van der Waals surface area (Å²) in [6.45, 7) is 3.70. The highest BCUT2D eigenvalue weighted by Crippen LogP contribution is 2.24. The normalized spacial score (nSPS) is 10.8. The van der Waals surface area contributed by atoms with E-state index in [9.17, 15) is 0 Å². The molecule has 2 rings (SSSR count). The molecule has 17 heavy (non-hydrogen) atoms. The van der Waals surface area contributed by atoms with Crippen molar-refractivity contribution < 1.29 is 0 Å². The standard InChI is InChI=1S/C11H12BrClN4/c1-2-14-6-8-7-17(16-15-8)9-3-4-11(13)10(12)5-9/h3-5,7,14H,2,6H2,1H3. The summed E-state index contributed by atoms with van der Waals surface area (Å²) in [5, 5.41) is 12.0. The maximum Gasteiger partial charge on any atom is 0.0969 e. The van der Waals surface area contributed by atoms with E-state index in [1.807, 2.05) is 24.4 Å². The van der Waals surface area contributed by atoms with E-state index >= 15 is 0 Å². The van der Waals surface area contributed by atoms with Gasteiger partial charge in [0, 0.05) is 11.0 Å². The predicted molar refractivity (Wildman–Crippen MR) is 71.4 cm³/mol. The van der Waals surface area contributed by atoms with Crippen LogP contribution in [0.2, 0.25) is 5.02 Å². The number of nitrogens with zero attached hydrogens (tertiary/aromatic N) is 3. The third-order valence-corrected chi connectivity index (χ3v) is 3.48. The van der Waals surface area contributed by atoms with Crippen LogP contribution in [0, 0.1) is 0 Å². The minimum Gasteiger partial charge on any atom is -0.311 e. The fraction of sp³-hybridized carbons (Fsp3) is 0.273. The lowest BCUT2D eigenvalue weighted by atomic mass is 10.3. The van der Waals surface area contributed by atoms with Crippen LogP contribution in [-0.4, -0.2) is 21.5 Å². The number of nitrogens with one attached hydrogen (secondary N) is 1. The Kier molecular flexibility index (Phi) is 4.15. The second kappa shape index (κ2) is 5.62. The lowest BCUT2D eigenvalue weighted by molar-refractivity contribution is 0.705. The highest BCUT2D eigenvalue weighted by molar-refractivity contribution is 9.10. The van der Waals surface area contributed by atoms with Crippen molar-refractivity contribution in [1.82, 2.24) is 20.3 Å². The van der Waals surface area contributed by atoms with Crippen LogP contribution < -0.4 is 5.32 Å². The molecule has 6 heteroatoms. The SMILES string of the molecule is CCNCc1cn(-c2ccc(Cl)c(Br)c2)nn1. The Morgan fingerprint density at radius 1 is 1.47 bits per heavy atom. The molecule has 0 aliphatic heterocycles. The quantitative estimate of drug-likeness (QED) is 0.943. The van der Waals surface area contributed by atoms with Gasteiger partial charge in [-0.15, -0.1) is 5.10 Å². The molecule has 0 bridgehead atoms. The summed E-state index contributed by atoms with van der Waals surface area (Å²) in [5.74, 6) is 0. The fourth-order valence-corrected chi connectivity index (χ4v) is 1.87. The van der Waals surface area contributed by atoms with Crippen LogP contribution in [0.4, 0.5) is 0 Å². The molecule has 0 saturated heterocycles. The number of rotatable bonds is 4. The lowest BCUT2D eigenvalue weighted by Gasteiger charge is -2.01. The Bertz CT molecular complexity index is 512. The highest BCUT2D eigenvalue weighted by Gasteiger charge is 2.04. The zero-order valence-electron chi connectivity index (χ0n) is 9.32. The first-order valence-corrected chi connectivity index (χ1v) is 6.45. The van der Waals surface area contributed by atoms with Crippen LogP contribution in [0.25, 0.3) is 5.69 Å². The summed E-state index contributed by atoms with van der Waals surface area (Å²) < 4.78 is 2.58. The first kappa shape index (κ1) is 12.5. The Hall–Kier alpha value is -0.910. The van der Waals surface area contributed by atoms with Crippen LogP contribution >= 0.6 is 27.5 Å². The van der Waals surface area contributed by atoms with E-state index in [1.54, 1.807) is 4.68 Å². The fourth-order valence-electron chi connectivity index (χ4n) is 1.39. The van der Waals surface area contributed by atoms with Crippen molar-refractivity contribution in [1.29, 1.82) is 0 Å². The van der Waals surface area contributed by atoms with Gasteiger partial charge >= 0.3 is 0 Å². The van der Waals surface area contributed by atoms with Crippen LogP contribution in [0.5, 0.6) is 0 Å². The molecule has 0 aliphatic carbocycles. The molecule has 0 fully saturated rings. The van der Waals surface area contributed by atoms with E-state index in [1.165, 1.54) is 0 Å². The van der Waals surface area contributed by atoms with Crippen LogP contribution in [-0.2, 0) is 6.54 Å². The topological polar surface area (TPSA) is 42.7 Å². The molecule has 90 valence electrons. The zero-order valence-corrected chi connectivity index (χ0v) is 11.7. The maximum atomic E-state index is 5.94. The Morgan fingerprint density at radius 2 is 2.29 bits per heavy atom. The molecule has 0 radical (unpaired) electrons. The molecule has 1 heterocycles. The average Bonchev–Trinajstić information content (AvgIpc) is 2.79. The minimum absolute atomic E-state index is 0.682. The van der Waals surface area contributed by atoms with E-state index in [2.05, 4.69) is 38.5 Å². The number of halogens is 2. The average molecular weight is 316 g/mol. The van der Waals surface area contributed by atoms with Gasteiger partial charge in [0.15, 0.2) is 0 Å². The van der Waals surface area contributed by atoms with Crippen molar-refractivity contribution in [3.8, 4) is 5.69 Å². The van der Waals surface area contributed by atoms with Crippen molar-refractivity contribution in [3.05, 3.63) is 39.6 Å². The third-order valence-electron chi connectivity index (χ3n) is 2.26. The molecule has 0 atom stereocenters. The summed E-state index contributed by atoms with van der Waals surface area (Å²) >= 11 is 9.33. The van der Waals surface area contributed by atoms with Gasteiger partial charge in [-0.05, 0) is 40.7 Å². The van der Waals surface area contributed by atoms with Crippen LogP contribution in [0.15, 0.2) is 28.9 Å². The second-order valence-corrected chi connectivity index (χ2v) is 4.79. The van der Waals surface area contributed by atoms with Gasteiger partial charge in [0.25, 0.3) is 0 Å². The molecule has 4 nitrogen and oxygen atoms in total. The molecular weight excluding hydrogens is 304 g/mol. The monoisotopic (exact) mass is 314 g/mol. The van der Waals surface area contributed by atoms with E-state index in [0.717, 1.165) is 28.9 Å². The summed E-state index contributed by atoms with van der Waals surface area (Å²) in [7, 11) is 0. The summed E-state index contributed by atoms with van der Waals surface area (Å²) in [5.41, 5.74) is 1.84. The largest absolute Gasteiger partial charge is 0.311 e. The number of hydrogen-bond acceptors (Lipinski definition) is 3. The molecule has 0 spiro atoms. The van der Waals surface area contributed by atoms with Crippen LogP contribution in [0.1, 0.15) is 12.6 Å². The molecule has 0 aliphatic rings. The Balaban J connectivity index is 2.21. The molecule has 0 unspecified atom stereocenters. The first-order valence-electron chi connectivity index (χ1n) is 5.28. The molecule has 1 aromatic heterocycles. The Morgan fingerprint density at radius 3 is 3.00 bits per heavy atom. The van der Waals surface area contributed by atoms with Crippen molar-refractivity contribution in [2.45, 2.75) is 13.5 Å². The molecular formula is C11H12BrClN4. The van der Waals surface area contributed by atoms with E-state index < -0.39 is 0 Å². The summed E-state index contributed by atoms with van der Waals surface area (Å²) in [4.78, 5) is 0. The van der Waals surface area contributed by atoms with E-state index in [-0.39, 0.29) is 0 Å². The maximum absolute atomic E-state index is 5.94. The van der Waals surface area contributed by atoms with Gasteiger partial charge in [-0.25, -0.2) is 4.68 Å². The van der Waals surface area contributed by atoms with Gasteiger partial charge in [-0.1, -0.05) is 23.7 Å². The summed E-state index contributed by atoms with van der Waals surface area (Å²) in [6, 6.07) is 5.64. The van der Waals surface area contributed by atoms with Crippen molar-refractivity contribution in [3.63, 3.8) is 0 Å². The van der Waals surface area contributed by atoms with E-state index in [4.69, 9.17) is 11.6 Å². The molecule has 0 amide bonds. The van der Waals surface area contributed by atoms with Gasteiger partial charge < -0.3 is 5.32 Å². The molecule has 1 N–H and O–H groups in total. The van der Waals surface area contributed by atoms with Gasteiger partial charge in [-0.3, -0.25) is 0 Å². The van der Waals surface area contributed by atoms with Gasteiger partial charge in [-0.2, -0.15) is 0 Å². The number of aromatic nitrogens is 3. The first-order chi connectivity index (χ1) is 8.20. The van der Waals surface area contributed by atoms with Gasteiger partial charge in [0.05, 0.1) is 22.6 Å². The van der Waals surface area contributed by atoms with E-state index in [0.29, 0.717) is 5.02 Å². The third kappa shape index (κ3) is 3.06. The highest BCUT2D eigenvalue weighted by atomic mass is 79.9. The Labute approximate surface area is 113 Å². The molecule has 0 saturated carbocycles. The molecule has 2 aromatic rings. The molecule has 1 aromatic carbocycles. The van der Waals surface area contributed by atoms with Crippen LogP contribution in [0.3, 0.4) is 0 Å². The smallest absolute Gasteiger partial charge is 0.0969 e. The predicted octanol–water partition coefficient (Wildman–Crippen LogP) is 2.79. The number of hydrogen-bond donors (Lipinski definition) is 1. The van der Waals surface area contributed by atoms with Gasteiger partial charge in [0.2, 0.25) is 0 Å².